The van der Waals surface area contributed by atoms with E-state index >= 15 is 0 Å². The van der Waals surface area contributed by atoms with Gasteiger partial charge in [0.25, 0.3) is 0 Å². The summed E-state index contributed by atoms with van der Waals surface area (Å²) in [7, 11) is -3.53. The summed E-state index contributed by atoms with van der Waals surface area (Å²) in [6.07, 6.45) is 5.12. The minimum Gasteiger partial charge on any atom is -0.377 e. The van der Waals surface area contributed by atoms with E-state index in [0.29, 0.717) is 30.9 Å². The SMILES string of the molecule is Cc1ccc(NC(=O)CNCC2CCCO2)cc1S(=O)(=O)N1CCCCC1. The lowest BCUT2D eigenvalue weighted by molar-refractivity contribution is -0.115. The van der Waals surface area contributed by atoms with Crippen LogP contribution in [-0.4, -0.2) is 57.5 Å². The number of benzene rings is 1. The van der Waals surface area contributed by atoms with Crippen molar-refractivity contribution in [3.63, 3.8) is 0 Å². The summed E-state index contributed by atoms with van der Waals surface area (Å²) in [6, 6.07) is 5.05. The Morgan fingerprint density at radius 1 is 1.22 bits per heavy atom. The Labute approximate surface area is 161 Å². The van der Waals surface area contributed by atoms with E-state index in [1.165, 1.54) is 0 Å². The van der Waals surface area contributed by atoms with Gasteiger partial charge in [-0.1, -0.05) is 12.5 Å². The number of anilines is 1. The fourth-order valence-electron chi connectivity index (χ4n) is 3.56. The number of nitrogens with one attached hydrogen (secondary N) is 2. The molecule has 2 saturated heterocycles. The minimum absolute atomic E-state index is 0.169. The maximum absolute atomic E-state index is 13.0. The largest absolute Gasteiger partial charge is 0.377 e. The second-order valence-electron chi connectivity index (χ2n) is 7.26. The molecule has 2 aliphatic rings. The smallest absolute Gasteiger partial charge is 0.243 e. The molecule has 0 saturated carbocycles. The van der Waals surface area contributed by atoms with E-state index in [9.17, 15) is 13.2 Å². The van der Waals surface area contributed by atoms with Gasteiger partial charge in [0.1, 0.15) is 0 Å². The van der Waals surface area contributed by atoms with Crippen LogP contribution < -0.4 is 10.6 Å². The van der Waals surface area contributed by atoms with Crippen molar-refractivity contribution in [2.75, 3.05) is 38.1 Å². The van der Waals surface area contributed by atoms with E-state index in [1.807, 2.05) is 0 Å². The van der Waals surface area contributed by atoms with Crippen molar-refractivity contribution in [3.8, 4) is 0 Å². The summed E-state index contributed by atoms with van der Waals surface area (Å²) in [5.41, 5.74) is 1.19. The Morgan fingerprint density at radius 2 is 2.00 bits per heavy atom. The Morgan fingerprint density at radius 3 is 2.70 bits per heavy atom. The van der Waals surface area contributed by atoms with E-state index in [1.54, 1.807) is 29.4 Å². The normalized spacial score (nSPS) is 21.3. The van der Waals surface area contributed by atoms with Gasteiger partial charge in [-0.2, -0.15) is 4.31 Å². The van der Waals surface area contributed by atoms with Crippen molar-refractivity contribution in [2.45, 2.75) is 50.0 Å². The van der Waals surface area contributed by atoms with Gasteiger partial charge in [0, 0.05) is 31.9 Å². The molecule has 0 radical (unpaired) electrons. The van der Waals surface area contributed by atoms with Gasteiger partial charge < -0.3 is 15.4 Å². The van der Waals surface area contributed by atoms with Crippen molar-refractivity contribution in [1.82, 2.24) is 9.62 Å². The number of ether oxygens (including phenoxy) is 1. The van der Waals surface area contributed by atoms with Crippen molar-refractivity contribution in [2.24, 2.45) is 0 Å². The van der Waals surface area contributed by atoms with E-state index in [0.717, 1.165) is 38.7 Å². The highest BCUT2D eigenvalue weighted by molar-refractivity contribution is 7.89. The zero-order valence-electron chi connectivity index (χ0n) is 15.9. The van der Waals surface area contributed by atoms with Gasteiger partial charge in [-0.15, -0.1) is 0 Å². The predicted octanol–water partition coefficient (Wildman–Crippen LogP) is 1.88. The molecular formula is C19H29N3O4S. The van der Waals surface area contributed by atoms with E-state index in [4.69, 9.17) is 4.74 Å². The number of amides is 1. The fourth-order valence-corrected chi connectivity index (χ4v) is 5.33. The fraction of sp³-hybridized carbons (Fsp3) is 0.632. The summed E-state index contributed by atoms with van der Waals surface area (Å²) < 4.78 is 33.0. The van der Waals surface area contributed by atoms with Gasteiger partial charge in [-0.3, -0.25) is 4.79 Å². The average molecular weight is 396 g/mol. The third-order valence-electron chi connectivity index (χ3n) is 5.09. The molecule has 1 aromatic rings. The van der Waals surface area contributed by atoms with Gasteiger partial charge in [0.2, 0.25) is 15.9 Å². The topological polar surface area (TPSA) is 87.7 Å². The highest BCUT2D eigenvalue weighted by Gasteiger charge is 2.27. The summed E-state index contributed by atoms with van der Waals surface area (Å²) in [4.78, 5) is 12.4. The standard InChI is InChI=1S/C19H29N3O4S/c1-15-7-8-16(21-19(23)14-20-13-17-6-5-11-26-17)12-18(15)27(24,25)22-9-3-2-4-10-22/h7-8,12,17,20H,2-6,9-11,13-14H2,1H3,(H,21,23). The number of piperidine rings is 1. The van der Waals surface area contributed by atoms with Crippen LogP contribution >= 0.6 is 0 Å². The Balaban J connectivity index is 1.61. The quantitative estimate of drug-likeness (QED) is 0.736. The number of hydrogen-bond donors (Lipinski definition) is 2. The van der Waals surface area contributed by atoms with Gasteiger partial charge in [-0.25, -0.2) is 8.42 Å². The monoisotopic (exact) mass is 395 g/mol. The number of aryl methyl sites for hydroxylation is 1. The van der Waals surface area contributed by atoms with Gasteiger partial charge in [0.05, 0.1) is 17.5 Å². The van der Waals surface area contributed by atoms with E-state index < -0.39 is 10.0 Å². The van der Waals surface area contributed by atoms with Crippen molar-refractivity contribution >= 4 is 21.6 Å². The van der Waals surface area contributed by atoms with Crippen molar-refractivity contribution < 1.29 is 17.9 Å². The van der Waals surface area contributed by atoms with Crippen LogP contribution in [0.1, 0.15) is 37.7 Å². The molecule has 0 aliphatic carbocycles. The molecule has 150 valence electrons. The van der Waals surface area contributed by atoms with E-state index in [-0.39, 0.29) is 23.5 Å². The first-order valence-corrected chi connectivity index (χ1v) is 11.1. The lowest BCUT2D eigenvalue weighted by atomic mass is 10.2. The Hall–Kier alpha value is -1.48. The predicted molar refractivity (Wildman–Crippen MR) is 104 cm³/mol. The Kier molecular flexibility index (Phi) is 6.86. The first-order chi connectivity index (χ1) is 13.0. The molecule has 7 nitrogen and oxygen atoms in total. The maximum Gasteiger partial charge on any atom is 0.243 e. The average Bonchev–Trinajstić information content (AvgIpc) is 3.17. The summed E-state index contributed by atoms with van der Waals surface area (Å²) in [5.74, 6) is -0.196. The zero-order valence-corrected chi connectivity index (χ0v) is 16.7. The molecule has 27 heavy (non-hydrogen) atoms. The maximum atomic E-state index is 13.0. The molecule has 0 spiro atoms. The zero-order chi connectivity index (χ0) is 19.3. The third-order valence-corrected chi connectivity index (χ3v) is 7.13. The van der Waals surface area contributed by atoms with Crippen LogP contribution in [0.3, 0.4) is 0 Å². The molecule has 3 rings (SSSR count). The molecular weight excluding hydrogens is 366 g/mol. The summed E-state index contributed by atoms with van der Waals surface area (Å²) in [6.45, 7) is 4.51. The van der Waals surface area contributed by atoms with Crippen LogP contribution in [0.15, 0.2) is 23.1 Å². The molecule has 2 aliphatic heterocycles. The lowest BCUT2D eigenvalue weighted by Gasteiger charge is -2.26. The highest BCUT2D eigenvalue weighted by Crippen LogP contribution is 2.26. The number of nitrogens with zero attached hydrogens (tertiary/aromatic N) is 1. The van der Waals surface area contributed by atoms with Crippen LogP contribution in [0.2, 0.25) is 0 Å². The number of rotatable bonds is 7. The number of sulfonamides is 1. The molecule has 2 fully saturated rings. The van der Waals surface area contributed by atoms with Gasteiger partial charge in [-0.05, 0) is 50.3 Å². The second-order valence-corrected chi connectivity index (χ2v) is 9.17. The first-order valence-electron chi connectivity index (χ1n) is 9.70. The van der Waals surface area contributed by atoms with Crippen LogP contribution in [0, 0.1) is 6.92 Å². The Bertz CT molecular complexity index is 754. The van der Waals surface area contributed by atoms with Gasteiger partial charge >= 0.3 is 0 Å². The molecule has 1 aromatic carbocycles. The van der Waals surface area contributed by atoms with Crippen LogP contribution in [0.4, 0.5) is 5.69 Å². The molecule has 0 aromatic heterocycles. The lowest BCUT2D eigenvalue weighted by Crippen LogP contribution is -2.36. The second kappa shape index (κ2) is 9.14. The first kappa shape index (κ1) is 20.3. The molecule has 0 bridgehead atoms. The van der Waals surface area contributed by atoms with Crippen LogP contribution in [0.25, 0.3) is 0 Å². The number of carbonyl (C=O) groups is 1. The van der Waals surface area contributed by atoms with E-state index in [2.05, 4.69) is 10.6 Å². The molecule has 8 heteroatoms. The molecule has 1 unspecified atom stereocenters. The summed E-state index contributed by atoms with van der Waals surface area (Å²) >= 11 is 0. The summed E-state index contributed by atoms with van der Waals surface area (Å²) in [5, 5.41) is 5.88. The highest BCUT2D eigenvalue weighted by atomic mass is 32.2. The van der Waals surface area contributed by atoms with Crippen molar-refractivity contribution in [3.05, 3.63) is 23.8 Å². The van der Waals surface area contributed by atoms with Crippen LogP contribution in [0.5, 0.6) is 0 Å². The van der Waals surface area contributed by atoms with Gasteiger partial charge in [0.15, 0.2) is 0 Å². The molecule has 2 heterocycles. The molecule has 1 atom stereocenters. The third kappa shape index (κ3) is 5.28. The number of hydrogen-bond acceptors (Lipinski definition) is 5. The molecule has 2 N–H and O–H groups in total. The number of carbonyl (C=O) groups excluding carboxylic acids is 1. The van der Waals surface area contributed by atoms with Crippen molar-refractivity contribution in [1.29, 1.82) is 0 Å². The van der Waals surface area contributed by atoms with Crippen LogP contribution in [-0.2, 0) is 19.6 Å². The molecule has 1 amide bonds. The minimum atomic E-state index is -3.53.